The van der Waals surface area contributed by atoms with E-state index >= 15 is 0 Å². The summed E-state index contributed by atoms with van der Waals surface area (Å²) in [6, 6.07) is 0.713. The van der Waals surface area contributed by atoms with E-state index in [0.717, 1.165) is 17.7 Å². The van der Waals surface area contributed by atoms with Crippen LogP contribution in [0.3, 0.4) is 0 Å². The second kappa shape index (κ2) is 10.5. The van der Waals surface area contributed by atoms with Crippen LogP contribution in [0.4, 0.5) is 0 Å². The van der Waals surface area contributed by atoms with Gasteiger partial charge in [0.2, 0.25) is 0 Å². The van der Waals surface area contributed by atoms with Crippen LogP contribution in [0, 0.1) is 5.92 Å². The number of nitrogens with one attached hydrogen (secondary N) is 1. The largest absolute Gasteiger partial charge is 0.313 e. The van der Waals surface area contributed by atoms with Crippen LogP contribution in [0.1, 0.15) is 60.3 Å². The number of hydrogen-bond acceptors (Lipinski definition) is 2. The van der Waals surface area contributed by atoms with Crippen molar-refractivity contribution in [2.45, 2.75) is 71.6 Å². The molecule has 0 heterocycles. The fourth-order valence-electron chi connectivity index (χ4n) is 1.99. The summed E-state index contributed by atoms with van der Waals surface area (Å²) in [5, 5.41) is 4.44. The summed E-state index contributed by atoms with van der Waals surface area (Å²) in [6.45, 7) is 12.6. The van der Waals surface area contributed by atoms with Gasteiger partial charge in [0.1, 0.15) is 0 Å². The van der Waals surface area contributed by atoms with Gasteiger partial charge in [0.05, 0.1) is 0 Å². The summed E-state index contributed by atoms with van der Waals surface area (Å²) in [5.41, 5.74) is 0. The smallest absolute Gasteiger partial charge is 0.0160 e. The SMILES string of the molecule is CCCC(C)CC(CSC(C)CC)NCC. The summed E-state index contributed by atoms with van der Waals surface area (Å²) in [4.78, 5) is 0. The Morgan fingerprint density at radius 1 is 1.12 bits per heavy atom. The van der Waals surface area contributed by atoms with Gasteiger partial charge < -0.3 is 5.32 Å². The predicted octanol–water partition coefficient (Wildman–Crippen LogP) is 4.32. The molecule has 16 heavy (non-hydrogen) atoms. The highest BCUT2D eigenvalue weighted by Crippen LogP contribution is 2.19. The summed E-state index contributed by atoms with van der Waals surface area (Å²) >= 11 is 2.12. The lowest BCUT2D eigenvalue weighted by atomic mass is 9.98. The molecule has 0 fully saturated rings. The van der Waals surface area contributed by atoms with Gasteiger partial charge >= 0.3 is 0 Å². The first-order valence-corrected chi connectivity index (χ1v) is 8.03. The Morgan fingerprint density at radius 3 is 2.31 bits per heavy atom. The van der Waals surface area contributed by atoms with Crippen LogP contribution in [0.25, 0.3) is 0 Å². The first-order valence-electron chi connectivity index (χ1n) is 6.98. The van der Waals surface area contributed by atoms with E-state index in [1.54, 1.807) is 0 Å². The van der Waals surface area contributed by atoms with Gasteiger partial charge in [0.25, 0.3) is 0 Å². The van der Waals surface area contributed by atoms with E-state index in [1.807, 2.05) is 0 Å². The van der Waals surface area contributed by atoms with Crippen LogP contribution in [0.5, 0.6) is 0 Å². The van der Waals surface area contributed by atoms with E-state index in [9.17, 15) is 0 Å². The molecule has 0 spiro atoms. The Morgan fingerprint density at radius 2 is 1.81 bits per heavy atom. The monoisotopic (exact) mass is 245 g/mol. The van der Waals surface area contributed by atoms with Gasteiger partial charge in [-0.15, -0.1) is 0 Å². The lowest BCUT2D eigenvalue weighted by molar-refractivity contribution is 0.409. The van der Waals surface area contributed by atoms with E-state index in [4.69, 9.17) is 0 Å². The summed E-state index contributed by atoms with van der Waals surface area (Å²) in [5.74, 6) is 2.14. The highest BCUT2D eigenvalue weighted by Gasteiger charge is 2.13. The minimum atomic E-state index is 0.713. The van der Waals surface area contributed by atoms with Gasteiger partial charge in [0.15, 0.2) is 0 Å². The van der Waals surface area contributed by atoms with Crippen molar-refractivity contribution in [3.05, 3.63) is 0 Å². The van der Waals surface area contributed by atoms with E-state index in [1.165, 1.54) is 31.4 Å². The molecule has 0 amide bonds. The Bertz CT molecular complexity index is 150. The van der Waals surface area contributed by atoms with Crippen molar-refractivity contribution in [3.8, 4) is 0 Å². The topological polar surface area (TPSA) is 12.0 Å². The number of hydrogen-bond donors (Lipinski definition) is 1. The molecule has 0 bridgehead atoms. The van der Waals surface area contributed by atoms with E-state index in [-0.39, 0.29) is 0 Å². The highest BCUT2D eigenvalue weighted by molar-refractivity contribution is 7.99. The molecule has 2 heteroatoms. The Kier molecular flexibility index (Phi) is 10.7. The summed E-state index contributed by atoms with van der Waals surface area (Å²) in [7, 11) is 0. The molecule has 3 unspecified atom stereocenters. The molecular weight excluding hydrogens is 214 g/mol. The number of rotatable bonds is 10. The minimum Gasteiger partial charge on any atom is -0.313 e. The van der Waals surface area contributed by atoms with Gasteiger partial charge in [-0.2, -0.15) is 11.8 Å². The van der Waals surface area contributed by atoms with Gasteiger partial charge in [-0.05, 0) is 25.3 Å². The number of thioether (sulfide) groups is 1. The molecule has 0 rings (SSSR count). The van der Waals surface area contributed by atoms with Crippen molar-refractivity contribution in [3.63, 3.8) is 0 Å². The standard InChI is InChI=1S/C14H31NS/c1-6-9-12(4)10-14(15-8-3)11-16-13(5)7-2/h12-15H,6-11H2,1-5H3. The normalized spacial score (nSPS) is 17.1. The average molecular weight is 245 g/mol. The van der Waals surface area contributed by atoms with Gasteiger partial charge in [0, 0.05) is 17.0 Å². The van der Waals surface area contributed by atoms with Crippen molar-refractivity contribution in [2.75, 3.05) is 12.3 Å². The Labute approximate surface area is 107 Å². The molecule has 0 aliphatic carbocycles. The molecule has 1 N–H and O–H groups in total. The van der Waals surface area contributed by atoms with Crippen molar-refractivity contribution in [1.29, 1.82) is 0 Å². The third kappa shape index (κ3) is 8.46. The van der Waals surface area contributed by atoms with E-state index in [0.29, 0.717) is 6.04 Å². The molecule has 98 valence electrons. The molecule has 0 saturated carbocycles. The van der Waals surface area contributed by atoms with Crippen LogP contribution in [-0.4, -0.2) is 23.6 Å². The second-order valence-corrected chi connectivity index (χ2v) is 6.41. The van der Waals surface area contributed by atoms with Crippen LogP contribution < -0.4 is 5.32 Å². The van der Waals surface area contributed by atoms with E-state index in [2.05, 4.69) is 51.7 Å². The first kappa shape index (κ1) is 16.3. The molecule has 1 nitrogen and oxygen atoms in total. The van der Waals surface area contributed by atoms with Crippen LogP contribution in [-0.2, 0) is 0 Å². The minimum absolute atomic E-state index is 0.713. The van der Waals surface area contributed by atoms with Crippen molar-refractivity contribution >= 4 is 11.8 Å². The fraction of sp³-hybridized carbons (Fsp3) is 1.00. The second-order valence-electron chi connectivity index (χ2n) is 4.94. The first-order chi connectivity index (χ1) is 7.63. The Balaban J connectivity index is 3.86. The molecule has 0 saturated heterocycles. The molecule has 0 radical (unpaired) electrons. The molecule has 0 aliphatic rings. The van der Waals surface area contributed by atoms with Crippen LogP contribution in [0.2, 0.25) is 0 Å². The maximum atomic E-state index is 3.63. The molecule has 0 aliphatic heterocycles. The maximum Gasteiger partial charge on any atom is 0.0160 e. The average Bonchev–Trinajstić information content (AvgIpc) is 2.26. The molecule has 3 atom stereocenters. The predicted molar refractivity (Wildman–Crippen MR) is 78.4 cm³/mol. The lowest BCUT2D eigenvalue weighted by Crippen LogP contribution is -2.33. The van der Waals surface area contributed by atoms with Crippen LogP contribution >= 0.6 is 11.8 Å². The van der Waals surface area contributed by atoms with Crippen LogP contribution in [0.15, 0.2) is 0 Å². The zero-order valence-electron chi connectivity index (χ0n) is 11.9. The third-order valence-electron chi connectivity index (χ3n) is 3.12. The molecule has 0 aromatic heterocycles. The van der Waals surface area contributed by atoms with Gasteiger partial charge in [-0.1, -0.05) is 47.5 Å². The summed E-state index contributed by atoms with van der Waals surface area (Å²) in [6.07, 6.45) is 5.31. The highest BCUT2D eigenvalue weighted by atomic mass is 32.2. The lowest BCUT2D eigenvalue weighted by Gasteiger charge is -2.22. The molecule has 0 aromatic rings. The third-order valence-corrected chi connectivity index (χ3v) is 4.62. The quantitative estimate of drug-likeness (QED) is 0.615. The zero-order chi connectivity index (χ0) is 12.4. The molecular formula is C14H31NS. The maximum absolute atomic E-state index is 3.63. The van der Waals surface area contributed by atoms with Gasteiger partial charge in [-0.3, -0.25) is 0 Å². The van der Waals surface area contributed by atoms with Crippen molar-refractivity contribution in [2.24, 2.45) is 5.92 Å². The summed E-state index contributed by atoms with van der Waals surface area (Å²) < 4.78 is 0. The Hall–Kier alpha value is 0.310. The van der Waals surface area contributed by atoms with Crippen molar-refractivity contribution < 1.29 is 0 Å². The van der Waals surface area contributed by atoms with Gasteiger partial charge in [-0.25, -0.2) is 0 Å². The zero-order valence-corrected chi connectivity index (χ0v) is 12.7. The van der Waals surface area contributed by atoms with E-state index < -0.39 is 0 Å². The fourth-order valence-corrected chi connectivity index (χ4v) is 3.04. The molecule has 0 aromatic carbocycles. The van der Waals surface area contributed by atoms with Crippen molar-refractivity contribution in [1.82, 2.24) is 5.32 Å².